The Morgan fingerprint density at radius 3 is 2.34 bits per heavy atom. The van der Waals surface area contributed by atoms with Gasteiger partial charge in [-0.3, -0.25) is 4.79 Å². The summed E-state index contributed by atoms with van der Waals surface area (Å²) in [5, 5.41) is 21.0. The minimum atomic E-state index is -0.510. The molecule has 0 spiro atoms. The number of ether oxygens (including phenoxy) is 2. The highest BCUT2D eigenvalue weighted by molar-refractivity contribution is 6.31. The molecule has 0 atom stereocenters. The first kappa shape index (κ1) is 27.6. The molecule has 202 valence electrons. The minimum absolute atomic E-state index is 0.0352. The van der Waals surface area contributed by atoms with E-state index in [1.165, 1.54) is 0 Å². The van der Waals surface area contributed by atoms with Crippen molar-refractivity contribution in [1.82, 2.24) is 20.4 Å². The van der Waals surface area contributed by atoms with Crippen molar-refractivity contribution in [3.05, 3.63) is 52.3 Å². The van der Waals surface area contributed by atoms with Gasteiger partial charge in [-0.15, -0.1) is 5.10 Å². The number of nitrogens with zero attached hydrogens (tertiary/aromatic N) is 4. The molecule has 1 aliphatic heterocycles. The molecule has 1 aliphatic carbocycles. The number of hydrogen-bond donors (Lipinski definition) is 1. The molecule has 38 heavy (non-hydrogen) atoms. The van der Waals surface area contributed by atoms with Crippen molar-refractivity contribution in [3.63, 3.8) is 0 Å². The summed E-state index contributed by atoms with van der Waals surface area (Å²) in [6.45, 7) is 6.79. The molecular formula is C28H34ClN5O4. The van der Waals surface area contributed by atoms with E-state index in [0.717, 1.165) is 44.2 Å². The summed E-state index contributed by atoms with van der Waals surface area (Å²) in [4.78, 5) is 26.8. The average Bonchev–Trinajstić information content (AvgIpc) is 2.89. The van der Waals surface area contributed by atoms with Crippen LogP contribution in [-0.2, 0) is 4.74 Å². The molecule has 1 saturated carbocycles. The first-order valence-electron chi connectivity index (χ1n) is 13.1. The monoisotopic (exact) mass is 539 g/mol. The van der Waals surface area contributed by atoms with Crippen molar-refractivity contribution in [1.29, 1.82) is 5.26 Å². The molecule has 2 heterocycles. The van der Waals surface area contributed by atoms with Crippen LogP contribution in [0, 0.1) is 11.3 Å². The molecular weight excluding hydrogens is 506 g/mol. The molecule has 2 fully saturated rings. The highest BCUT2D eigenvalue weighted by Crippen LogP contribution is 2.29. The molecule has 2 aromatic rings. The van der Waals surface area contributed by atoms with Gasteiger partial charge in [0.25, 0.3) is 5.91 Å². The topological polar surface area (TPSA) is 117 Å². The van der Waals surface area contributed by atoms with Gasteiger partial charge in [-0.05, 0) is 83.6 Å². The Labute approximate surface area is 228 Å². The van der Waals surface area contributed by atoms with Gasteiger partial charge >= 0.3 is 6.09 Å². The van der Waals surface area contributed by atoms with Crippen molar-refractivity contribution in [2.45, 2.75) is 83.0 Å². The SMILES string of the molecule is CC(C)(C)OC(=O)N1CCC(c2ccc(C(=O)NC3CCC(Oc4ccc(C#N)c(Cl)c4)CC3)nn2)CC1. The van der Waals surface area contributed by atoms with Gasteiger partial charge in [-0.25, -0.2) is 4.79 Å². The van der Waals surface area contributed by atoms with Gasteiger partial charge in [0, 0.05) is 31.1 Å². The molecule has 1 aromatic heterocycles. The second kappa shape index (κ2) is 12.0. The van der Waals surface area contributed by atoms with Gasteiger partial charge in [0.15, 0.2) is 5.69 Å². The van der Waals surface area contributed by atoms with Crippen LogP contribution in [0.1, 0.15) is 87.0 Å². The smallest absolute Gasteiger partial charge is 0.410 e. The van der Waals surface area contributed by atoms with Crippen LogP contribution in [0.15, 0.2) is 30.3 Å². The van der Waals surface area contributed by atoms with Crippen LogP contribution in [0.2, 0.25) is 5.02 Å². The standard InChI is InChI=1S/C28H34ClN5O4/c1-28(2,3)38-27(36)34-14-12-18(13-15-34)24-10-11-25(33-32-24)26(35)31-20-5-8-21(9-6-20)37-22-7-4-19(17-30)23(29)16-22/h4,7,10-11,16,18,20-21H,5-6,8-9,12-15H2,1-3H3,(H,31,35). The van der Waals surface area contributed by atoms with Crippen LogP contribution in [0.3, 0.4) is 0 Å². The van der Waals surface area contributed by atoms with E-state index in [1.807, 2.05) is 32.9 Å². The normalized spacial score (nSPS) is 20.3. The number of aromatic nitrogens is 2. The molecule has 0 radical (unpaired) electrons. The van der Waals surface area contributed by atoms with Crippen LogP contribution >= 0.6 is 11.6 Å². The zero-order valence-corrected chi connectivity index (χ0v) is 22.8. The predicted octanol–water partition coefficient (Wildman–Crippen LogP) is 5.24. The lowest BCUT2D eigenvalue weighted by atomic mass is 9.92. The van der Waals surface area contributed by atoms with Crippen molar-refractivity contribution >= 4 is 23.6 Å². The Bertz CT molecular complexity index is 1180. The molecule has 10 heteroatoms. The molecule has 0 bridgehead atoms. The first-order valence-corrected chi connectivity index (χ1v) is 13.5. The summed E-state index contributed by atoms with van der Waals surface area (Å²) >= 11 is 6.10. The first-order chi connectivity index (χ1) is 18.1. The Balaban J connectivity index is 1.21. The lowest BCUT2D eigenvalue weighted by Crippen LogP contribution is -2.41. The van der Waals surface area contributed by atoms with E-state index in [9.17, 15) is 9.59 Å². The van der Waals surface area contributed by atoms with Gasteiger partial charge < -0.3 is 19.7 Å². The van der Waals surface area contributed by atoms with E-state index in [-0.39, 0.29) is 30.1 Å². The fourth-order valence-electron chi connectivity index (χ4n) is 4.80. The molecule has 4 rings (SSSR count). The van der Waals surface area contributed by atoms with E-state index >= 15 is 0 Å². The highest BCUT2D eigenvalue weighted by atomic mass is 35.5. The molecule has 9 nitrogen and oxygen atoms in total. The number of piperidine rings is 1. The maximum Gasteiger partial charge on any atom is 0.410 e. The lowest BCUT2D eigenvalue weighted by molar-refractivity contribution is 0.0203. The van der Waals surface area contributed by atoms with Crippen LogP contribution < -0.4 is 10.1 Å². The number of nitrogens with one attached hydrogen (secondary N) is 1. The maximum atomic E-state index is 12.8. The lowest BCUT2D eigenvalue weighted by Gasteiger charge is -2.33. The van der Waals surface area contributed by atoms with Gasteiger partial charge in [-0.2, -0.15) is 10.4 Å². The quantitative estimate of drug-likeness (QED) is 0.552. The fourth-order valence-corrected chi connectivity index (χ4v) is 5.02. The summed E-state index contributed by atoms with van der Waals surface area (Å²) < 4.78 is 11.5. The summed E-state index contributed by atoms with van der Waals surface area (Å²) in [5.74, 6) is 0.610. The van der Waals surface area contributed by atoms with Crippen molar-refractivity contribution in [2.24, 2.45) is 0 Å². The number of amides is 2. The van der Waals surface area contributed by atoms with Crippen LogP contribution in [0.5, 0.6) is 5.75 Å². The van der Waals surface area contributed by atoms with Gasteiger partial charge in [0.05, 0.1) is 22.4 Å². The van der Waals surface area contributed by atoms with E-state index in [4.69, 9.17) is 26.3 Å². The molecule has 1 saturated heterocycles. The number of hydrogen-bond acceptors (Lipinski definition) is 7. The zero-order chi connectivity index (χ0) is 27.3. The average molecular weight is 540 g/mol. The summed E-state index contributed by atoms with van der Waals surface area (Å²) in [5.41, 5.74) is 1.05. The molecule has 1 N–H and O–H groups in total. The van der Waals surface area contributed by atoms with Crippen LogP contribution in [-0.4, -0.2) is 57.9 Å². The highest BCUT2D eigenvalue weighted by Gasteiger charge is 2.29. The summed E-state index contributed by atoms with van der Waals surface area (Å²) in [6, 6.07) is 10.8. The van der Waals surface area contributed by atoms with Crippen molar-refractivity contribution in [2.75, 3.05) is 13.1 Å². The fraction of sp³-hybridized carbons (Fsp3) is 0.536. The second-order valence-corrected chi connectivity index (χ2v) is 11.3. The van der Waals surface area contributed by atoms with E-state index in [0.29, 0.717) is 35.1 Å². The Morgan fingerprint density at radius 2 is 1.76 bits per heavy atom. The number of benzene rings is 1. The van der Waals surface area contributed by atoms with E-state index in [1.54, 1.807) is 29.2 Å². The third-order valence-corrected chi connectivity index (χ3v) is 7.17. The van der Waals surface area contributed by atoms with Crippen LogP contribution in [0.4, 0.5) is 4.79 Å². The van der Waals surface area contributed by atoms with Crippen LogP contribution in [0.25, 0.3) is 0 Å². The number of carbonyl (C=O) groups is 2. The Hall–Kier alpha value is -3.38. The number of nitriles is 1. The summed E-state index contributed by atoms with van der Waals surface area (Å²) in [7, 11) is 0. The zero-order valence-electron chi connectivity index (χ0n) is 22.1. The van der Waals surface area contributed by atoms with Gasteiger partial charge in [0.1, 0.15) is 17.4 Å². The predicted molar refractivity (Wildman–Crippen MR) is 142 cm³/mol. The third kappa shape index (κ3) is 7.35. The Morgan fingerprint density at radius 1 is 1.05 bits per heavy atom. The summed E-state index contributed by atoms with van der Waals surface area (Å²) in [6.07, 6.45) is 4.49. The van der Waals surface area contributed by atoms with E-state index in [2.05, 4.69) is 15.5 Å². The van der Waals surface area contributed by atoms with Gasteiger partial charge in [0.2, 0.25) is 0 Å². The van der Waals surface area contributed by atoms with Crippen molar-refractivity contribution < 1.29 is 19.1 Å². The molecule has 0 unspecified atom stereocenters. The number of likely N-dealkylation sites (tertiary alicyclic amines) is 1. The molecule has 2 amide bonds. The molecule has 1 aromatic carbocycles. The Kier molecular flexibility index (Phi) is 8.72. The van der Waals surface area contributed by atoms with Gasteiger partial charge in [-0.1, -0.05) is 11.6 Å². The number of halogens is 1. The minimum Gasteiger partial charge on any atom is -0.490 e. The molecule has 2 aliphatic rings. The number of carbonyl (C=O) groups excluding carboxylic acids is 2. The maximum absolute atomic E-state index is 12.8. The number of rotatable bonds is 5. The second-order valence-electron chi connectivity index (χ2n) is 10.9. The van der Waals surface area contributed by atoms with Crippen molar-refractivity contribution in [3.8, 4) is 11.8 Å². The third-order valence-electron chi connectivity index (χ3n) is 6.86. The van der Waals surface area contributed by atoms with E-state index < -0.39 is 5.60 Å². The largest absolute Gasteiger partial charge is 0.490 e.